The number of nitrogens with zero attached hydrogens (tertiary/aromatic N) is 1. The topological polar surface area (TPSA) is 41.6 Å². The summed E-state index contributed by atoms with van der Waals surface area (Å²) in [5.41, 5.74) is 1.78. The highest BCUT2D eigenvalue weighted by Gasteiger charge is 2.10. The van der Waals surface area contributed by atoms with Crippen LogP contribution in [0.3, 0.4) is 0 Å². The lowest BCUT2D eigenvalue weighted by Gasteiger charge is -2.27. The van der Waals surface area contributed by atoms with E-state index < -0.39 is 0 Å². The van der Waals surface area contributed by atoms with E-state index in [9.17, 15) is 4.79 Å². The van der Waals surface area contributed by atoms with E-state index in [1.165, 1.54) is 25.6 Å². The normalized spacial score (nSPS) is 16.8. The molecule has 0 saturated carbocycles. The van der Waals surface area contributed by atoms with Crippen molar-refractivity contribution in [2.45, 2.75) is 12.8 Å². The van der Waals surface area contributed by atoms with E-state index in [0.717, 1.165) is 26.2 Å². The monoisotopic (exact) mass is 248 g/mol. The Balaban J connectivity index is 2.05. The van der Waals surface area contributed by atoms with E-state index in [0.29, 0.717) is 5.56 Å². The Bertz CT molecular complexity index is 381. The Kier molecular flexibility index (Phi) is 4.59. The summed E-state index contributed by atoms with van der Waals surface area (Å²) in [5, 5.41) is 3.41. The van der Waals surface area contributed by atoms with Crippen molar-refractivity contribution in [3.8, 4) is 0 Å². The maximum absolute atomic E-state index is 11.4. The molecule has 1 aromatic carbocycles. The van der Waals surface area contributed by atoms with Gasteiger partial charge in [0.25, 0.3) is 0 Å². The molecule has 1 heterocycles. The van der Waals surface area contributed by atoms with Crippen LogP contribution in [-0.4, -0.2) is 39.3 Å². The van der Waals surface area contributed by atoms with Crippen molar-refractivity contribution in [2.24, 2.45) is 0 Å². The van der Waals surface area contributed by atoms with Crippen LogP contribution in [0.25, 0.3) is 0 Å². The number of hydrogen-bond acceptors (Lipinski definition) is 4. The molecule has 98 valence electrons. The summed E-state index contributed by atoms with van der Waals surface area (Å²) in [6.45, 7) is 4.23. The highest BCUT2D eigenvalue weighted by molar-refractivity contribution is 5.89. The van der Waals surface area contributed by atoms with Crippen LogP contribution in [0.15, 0.2) is 24.3 Å². The molecule has 0 atom stereocenters. The minimum absolute atomic E-state index is 0.282. The van der Waals surface area contributed by atoms with Gasteiger partial charge in [-0.15, -0.1) is 0 Å². The first-order chi connectivity index (χ1) is 8.81. The molecule has 0 unspecified atom stereocenters. The van der Waals surface area contributed by atoms with Crippen molar-refractivity contribution in [3.05, 3.63) is 29.8 Å². The van der Waals surface area contributed by atoms with E-state index in [1.807, 2.05) is 24.3 Å². The van der Waals surface area contributed by atoms with E-state index in [1.54, 1.807) is 0 Å². The molecule has 0 spiro atoms. The van der Waals surface area contributed by atoms with Gasteiger partial charge < -0.3 is 15.0 Å². The third-order valence-corrected chi connectivity index (χ3v) is 3.24. The molecule has 0 amide bonds. The van der Waals surface area contributed by atoms with Crippen LogP contribution in [0.4, 0.5) is 5.69 Å². The number of benzene rings is 1. The Morgan fingerprint density at radius 1 is 1.17 bits per heavy atom. The Hall–Kier alpha value is -1.55. The summed E-state index contributed by atoms with van der Waals surface area (Å²) < 4.78 is 4.70. The van der Waals surface area contributed by atoms with Gasteiger partial charge in [-0.05, 0) is 43.7 Å². The van der Waals surface area contributed by atoms with E-state index in [2.05, 4.69) is 10.2 Å². The number of hydrogen-bond donors (Lipinski definition) is 1. The van der Waals surface area contributed by atoms with Crippen LogP contribution in [0.1, 0.15) is 23.2 Å². The van der Waals surface area contributed by atoms with Crippen LogP contribution >= 0.6 is 0 Å². The van der Waals surface area contributed by atoms with Gasteiger partial charge >= 0.3 is 5.97 Å². The second-order valence-corrected chi connectivity index (χ2v) is 4.48. The smallest absolute Gasteiger partial charge is 0.337 e. The molecule has 1 aliphatic rings. The molecule has 4 nitrogen and oxygen atoms in total. The number of ether oxygens (including phenoxy) is 1. The molecule has 1 aromatic rings. The third kappa shape index (κ3) is 3.23. The van der Waals surface area contributed by atoms with Crippen LogP contribution in [0.2, 0.25) is 0 Å². The number of rotatable bonds is 2. The molecule has 1 saturated heterocycles. The van der Waals surface area contributed by atoms with Crippen LogP contribution in [-0.2, 0) is 4.74 Å². The minimum Gasteiger partial charge on any atom is -0.465 e. The summed E-state index contributed by atoms with van der Waals surface area (Å²) in [5.74, 6) is -0.282. The zero-order chi connectivity index (χ0) is 12.8. The van der Waals surface area contributed by atoms with Gasteiger partial charge in [-0.2, -0.15) is 0 Å². The molecule has 2 rings (SSSR count). The van der Waals surface area contributed by atoms with Crippen molar-refractivity contribution >= 4 is 11.7 Å². The highest BCUT2D eigenvalue weighted by Crippen LogP contribution is 2.16. The van der Waals surface area contributed by atoms with Crippen LogP contribution in [0.5, 0.6) is 0 Å². The largest absolute Gasteiger partial charge is 0.465 e. The fourth-order valence-corrected chi connectivity index (χ4v) is 2.19. The molecular weight excluding hydrogens is 228 g/mol. The average molecular weight is 248 g/mol. The highest BCUT2D eigenvalue weighted by atomic mass is 16.5. The third-order valence-electron chi connectivity index (χ3n) is 3.24. The van der Waals surface area contributed by atoms with Gasteiger partial charge in [-0.25, -0.2) is 4.79 Å². The Labute approximate surface area is 108 Å². The molecule has 0 aliphatic carbocycles. The molecule has 0 bridgehead atoms. The first-order valence-corrected chi connectivity index (χ1v) is 6.45. The lowest BCUT2D eigenvalue weighted by atomic mass is 10.1. The molecule has 1 fully saturated rings. The standard InChI is InChI=1S/C14H20N2O2/c1-18-14(17)12-4-6-13(7-5-12)16-10-3-2-8-15-9-11-16/h4-7,15H,2-3,8-11H2,1H3. The van der Waals surface area contributed by atoms with Gasteiger partial charge in [0.2, 0.25) is 0 Å². The van der Waals surface area contributed by atoms with Crippen molar-refractivity contribution in [3.63, 3.8) is 0 Å². The van der Waals surface area contributed by atoms with Crippen LogP contribution < -0.4 is 10.2 Å². The zero-order valence-corrected chi connectivity index (χ0v) is 10.8. The molecule has 4 heteroatoms. The van der Waals surface area contributed by atoms with Gasteiger partial charge in [0.15, 0.2) is 0 Å². The van der Waals surface area contributed by atoms with E-state index in [4.69, 9.17) is 4.74 Å². The van der Waals surface area contributed by atoms with Gasteiger partial charge in [0, 0.05) is 25.3 Å². The fourth-order valence-electron chi connectivity index (χ4n) is 2.19. The summed E-state index contributed by atoms with van der Waals surface area (Å²) in [4.78, 5) is 13.7. The maximum Gasteiger partial charge on any atom is 0.337 e. The van der Waals surface area contributed by atoms with Crippen LogP contribution in [0, 0.1) is 0 Å². The average Bonchev–Trinajstić information content (AvgIpc) is 2.38. The molecule has 0 radical (unpaired) electrons. The minimum atomic E-state index is -0.282. The maximum atomic E-state index is 11.4. The van der Waals surface area contributed by atoms with E-state index >= 15 is 0 Å². The Morgan fingerprint density at radius 2 is 1.94 bits per heavy atom. The lowest BCUT2D eigenvalue weighted by Crippen LogP contribution is -2.36. The number of esters is 1. The quantitative estimate of drug-likeness (QED) is 0.808. The lowest BCUT2D eigenvalue weighted by molar-refractivity contribution is 0.0601. The van der Waals surface area contributed by atoms with Crippen molar-refractivity contribution < 1.29 is 9.53 Å². The van der Waals surface area contributed by atoms with Gasteiger partial charge in [0.05, 0.1) is 12.7 Å². The molecule has 18 heavy (non-hydrogen) atoms. The summed E-state index contributed by atoms with van der Waals surface area (Å²) >= 11 is 0. The first kappa shape index (κ1) is 12.9. The predicted octanol–water partition coefficient (Wildman–Crippen LogP) is 1.66. The summed E-state index contributed by atoms with van der Waals surface area (Å²) in [7, 11) is 1.40. The van der Waals surface area contributed by atoms with Gasteiger partial charge in [0.1, 0.15) is 0 Å². The SMILES string of the molecule is COC(=O)c1ccc(N2CCCCNCC2)cc1. The molecule has 1 N–H and O–H groups in total. The number of carbonyl (C=O) groups excluding carboxylic acids is 1. The van der Waals surface area contributed by atoms with Crippen molar-refractivity contribution in [1.29, 1.82) is 0 Å². The van der Waals surface area contributed by atoms with Gasteiger partial charge in [-0.1, -0.05) is 0 Å². The fraction of sp³-hybridized carbons (Fsp3) is 0.500. The molecular formula is C14H20N2O2. The van der Waals surface area contributed by atoms with Gasteiger partial charge in [-0.3, -0.25) is 0 Å². The second-order valence-electron chi connectivity index (χ2n) is 4.48. The van der Waals surface area contributed by atoms with E-state index in [-0.39, 0.29) is 5.97 Å². The predicted molar refractivity (Wildman–Crippen MR) is 72.1 cm³/mol. The number of methoxy groups -OCH3 is 1. The first-order valence-electron chi connectivity index (χ1n) is 6.45. The molecule has 1 aliphatic heterocycles. The van der Waals surface area contributed by atoms with Crippen molar-refractivity contribution in [1.82, 2.24) is 5.32 Å². The number of nitrogens with one attached hydrogen (secondary N) is 1. The van der Waals surface area contributed by atoms with Crippen molar-refractivity contribution in [2.75, 3.05) is 38.2 Å². The summed E-state index contributed by atoms with van der Waals surface area (Å²) in [6, 6.07) is 7.64. The summed E-state index contributed by atoms with van der Waals surface area (Å²) in [6.07, 6.45) is 2.42. The molecule has 0 aromatic heterocycles. The second kappa shape index (κ2) is 6.40. The zero-order valence-electron chi connectivity index (χ0n) is 10.8. The number of carbonyl (C=O) groups is 1. The number of anilines is 1. The Morgan fingerprint density at radius 3 is 2.67 bits per heavy atom.